The Morgan fingerprint density at radius 3 is 2.32 bits per heavy atom. The normalized spacial score (nSPS) is 12.5. The zero-order chi connectivity index (χ0) is 20.4. The van der Waals surface area contributed by atoms with Gasteiger partial charge in [0.1, 0.15) is 6.61 Å². The maximum atomic E-state index is 11.4. The average Bonchev–Trinajstić information content (AvgIpc) is 2.67. The van der Waals surface area contributed by atoms with Gasteiger partial charge in [-0.05, 0) is 38.3 Å². The predicted molar refractivity (Wildman–Crippen MR) is 110 cm³/mol. The van der Waals surface area contributed by atoms with Gasteiger partial charge in [-0.1, -0.05) is 64.8 Å². The summed E-state index contributed by atoms with van der Waals surface area (Å²) in [5.41, 5.74) is 5.04. The molecule has 2 rings (SSSR count). The second-order valence-corrected chi connectivity index (χ2v) is 7.03. The number of esters is 1. The zero-order valence-electron chi connectivity index (χ0n) is 17.1. The molecule has 0 aliphatic heterocycles. The highest BCUT2D eigenvalue weighted by Gasteiger charge is 2.13. The summed E-state index contributed by atoms with van der Waals surface area (Å²) in [5, 5.41) is 3.86. The number of methoxy groups -OCH3 is 1. The number of aryl methyl sites for hydroxylation is 2. The molecule has 28 heavy (non-hydrogen) atoms. The highest BCUT2D eigenvalue weighted by molar-refractivity contribution is 6.35. The lowest BCUT2D eigenvalue weighted by molar-refractivity contribution is -0.133. The Kier molecular flexibility index (Phi) is 8.69. The lowest BCUT2D eigenvalue weighted by atomic mass is 9.97. The Hall–Kier alpha value is -2.66. The fourth-order valence-corrected chi connectivity index (χ4v) is 3.03. The number of hydrogen-bond acceptors (Lipinski definition) is 5. The molecule has 5 heteroatoms. The Morgan fingerprint density at radius 1 is 1.00 bits per heavy atom. The molecule has 0 amide bonds. The third-order valence-electron chi connectivity index (χ3n) is 4.26. The molecule has 1 atom stereocenters. The van der Waals surface area contributed by atoms with Crippen LogP contribution in [0.25, 0.3) is 0 Å². The van der Waals surface area contributed by atoms with Crippen LogP contribution in [0.4, 0.5) is 0 Å². The van der Waals surface area contributed by atoms with Crippen molar-refractivity contribution in [2.24, 2.45) is 11.1 Å². The molecule has 2 aromatic rings. The van der Waals surface area contributed by atoms with Gasteiger partial charge < -0.3 is 14.3 Å². The van der Waals surface area contributed by atoms with Crippen LogP contribution in [-0.4, -0.2) is 32.0 Å². The van der Waals surface area contributed by atoms with Crippen molar-refractivity contribution < 1.29 is 19.1 Å². The number of rotatable bonds is 10. The van der Waals surface area contributed by atoms with Crippen molar-refractivity contribution in [2.45, 2.75) is 33.8 Å². The zero-order valence-corrected chi connectivity index (χ0v) is 17.1. The number of oxime groups is 1. The number of carbonyl (C=O) groups is 1. The van der Waals surface area contributed by atoms with Crippen molar-refractivity contribution in [3.05, 3.63) is 70.8 Å². The molecule has 0 N–H and O–H groups in total. The van der Waals surface area contributed by atoms with Crippen LogP contribution in [0.1, 0.15) is 29.2 Å². The highest BCUT2D eigenvalue weighted by Crippen LogP contribution is 2.15. The van der Waals surface area contributed by atoms with E-state index in [1.807, 2.05) is 30.3 Å². The third-order valence-corrected chi connectivity index (χ3v) is 4.26. The van der Waals surface area contributed by atoms with Crippen LogP contribution >= 0.6 is 0 Å². The van der Waals surface area contributed by atoms with E-state index in [0.29, 0.717) is 19.8 Å². The molecular weight excluding hydrogens is 354 g/mol. The summed E-state index contributed by atoms with van der Waals surface area (Å²) in [6, 6.07) is 16.6. The molecule has 0 saturated carbocycles. The van der Waals surface area contributed by atoms with Crippen LogP contribution in [0.15, 0.2) is 53.7 Å². The summed E-state index contributed by atoms with van der Waals surface area (Å²) < 4.78 is 10.6. The van der Waals surface area contributed by atoms with Crippen molar-refractivity contribution in [3.8, 4) is 0 Å². The molecule has 0 radical (unpaired) electrons. The maximum absolute atomic E-state index is 11.4. The van der Waals surface area contributed by atoms with Gasteiger partial charge in [-0.3, -0.25) is 0 Å². The molecule has 0 aromatic heterocycles. The van der Waals surface area contributed by atoms with Crippen LogP contribution in [0.2, 0.25) is 0 Å². The number of benzene rings is 2. The minimum absolute atomic E-state index is 0.110. The van der Waals surface area contributed by atoms with Crippen LogP contribution in [0.5, 0.6) is 0 Å². The van der Waals surface area contributed by atoms with E-state index < -0.39 is 5.97 Å². The summed E-state index contributed by atoms with van der Waals surface area (Å²) in [6.07, 6.45) is 0.810. The smallest absolute Gasteiger partial charge is 0.355 e. The topological polar surface area (TPSA) is 57.1 Å². The summed E-state index contributed by atoms with van der Waals surface area (Å²) >= 11 is 0. The van der Waals surface area contributed by atoms with Crippen molar-refractivity contribution in [1.82, 2.24) is 0 Å². The first-order valence-corrected chi connectivity index (χ1v) is 9.41. The van der Waals surface area contributed by atoms with Gasteiger partial charge in [-0.25, -0.2) is 4.79 Å². The minimum Gasteiger partial charge on any atom is -0.464 e. The van der Waals surface area contributed by atoms with Crippen LogP contribution < -0.4 is 0 Å². The Bertz CT molecular complexity index is 766. The second kappa shape index (κ2) is 11.2. The van der Waals surface area contributed by atoms with Gasteiger partial charge in [0.25, 0.3) is 0 Å². The maximum Gasteiger partial charge on any atom is 0.355 e. The number of hydrogen-bond donors (Lipinski definition) is 0. The summed E-state index contributed by atoms with van der Waals surface area (Å²) in [4.78, 5) is 16.8. The van der Waals surface area contributed by atoms with Gasteiger partial charge in [-0.15, -0.1) is 0 Å². The van der Waals surface area contributed by atoms with Crippen LogP contribution in [0, 0.1) is 19.8 Å². The van der Waals surface area contributed by atoms with Crippen molar-refractivity contribution in [2.75, 3.05) is 20.3 Å². The summed E-state index contributed by atoms with van der Waals surface area (Å²) in [6.45, 7) is 7.20. The van der Waals surface area contributed by atoms with Crippen LogP contribution in [-0.2, 0) is 32.1 Å². The first-order chi connectivity index (χ1) is 13.5. The molecule has 0 aliphatic carbocycles. The molecular formula is C23H29NO4. The van der Waals surface area contributed by atoms with Gasteiger partial charge in [-0.2, -0.15) is 0 Å². The van der Waals surface area contributed by atoms with E-state index in [9.17, 15) is 4.79 Å². The fraction of sp³-hybridized carbons (Fsp3) is 0.391. The van der Waals surface area contributed by atoms with E-state index in [4.69, 9.17) is 9.57 Å². The monoisotopic (exact) mass is 383 g/mol. The van der Waals surface area contributed by atoms with Gasteiger partial charge in [0.2, 0.25) is 0 Å². The second-order valence-electron chi connectivity index (χ2n) is 7.03. The quantitative estimate of drug-likeness (QED) is 0.350. The van der Waals surface area contributed by atoms with Gasteiger partial charge >= 0.3 is 5.97 Å². The van der Waals surface area contributed by atoms with E-state index in [1.54, 1.807) is 6.92 Å². The molecule has 0 fully saturated rings. The summed E-state index contributed by atoms with van der Waals surface area (Å²) in [7, 11) is 1.32. The van der Waals surface area contributed by atoms with Crippen molar-refractivity contribution in [1.29, 1.82) is 0 Å². The lowest BCUT2D eigenvalue weighted by Crippen LogP contribution is -2.19. The molecule has 0 heterocycles. The average molecular weight is 383 g/mol. The molecule has 1 unspecified atom stereocenters. The first kappa shape index (κ1) is 21.6. The molecule has 0 aliphatic rings. The third kappa shape index (κ3) is 7.53. The summed E-state index contributed by atoms with van der Waals surface area (Å²) in [5.74, 6) is -0.384. The predicted octanol–water partition coefficient (Wildman–Crippen LogP) is 4.24. The van der Waals surface area contributed by atoms with Gasteiger partial charge in [0, 0.05) is 5.92 Å². The first-order valence-electron chi connectivity index (χ1n) is 9.41. The molecule has 0 saturated heterocycles. The van der Waals surface area contributed by atoms with Crippen LogP contribution in [0.3, 0.4) is 0 Å². The molecule has 0 spiro atoms. The molecule has 5 nitrogen and oxygen atoms in total. The Balaban J connectivity index is 1.98. The van der Waals surface area contributed by atoms with E-state index in [2.05, 4.69) is 41.9 Å². The molecule has 2 aromatic carbocycles. The largest absolute Gasteiger partial charge is 0.464 e. The molecule has 0 bridgehead atoms. The lowest BCUT2D eigenvalue weighted by Gasteiger charge is -2.17. The number of nitrogens with zero attached hydrogens (tertiary/aromatic N) is 1. The fourth-order valence-electron chi connectivity index (χ4n) is 3.03. The minimum atomic E-state index is -0.494. The van der Waals surface area contributed by atoms with Crippen molar-refractivity contribution in [3.63, 3.8) is 0 Å². The van der Waals surface area contributed by atoms with E-state index in [1.165, 1.54) is 23.8 Å². The van der Waals surface area contributed by atoms with Crippen molar-refractivity contribution >= 4 is 11.7 Å². The Morgan fingerprint density at radius 2 is 1.68 bits per heavy atom. The number of ether oxygens (including phenoxy) is 2. The number of carbonyl (C=O) groups excluding carboxylic acids is 1. The molecule has 150 valence electrons. The highest BCUT2D eigenvalue weighted by atomic mass is 16.6. The van der Waals surface area contributed by atoms with E-state index in [0.717, 1.165) is 12.0 Å². The van der Waals surface area contributed by atoms with Gasteiger partial charge in [0.05, 0.1) is 20.3 Å². The standard InChI is InChI=1S/C23H29NO4/c1-17-10-18(2)12-21(11-17)13-22(16-28-24-19(3)23(25)26-4)15-27-14-20-8-6-5-7-9-20/h5-12,22H,13-16H2,1-4H3/b24-19+. The van der Waals surface area contributed by atoms with E-state index in [-0.39, 0.29) is 11.6 Å². The van der Waals surface area contributed by atoms with E-state index >= 15 is 0 Å². The van der Waals surface area contributed by atoms with Gasteiger partial charge in [0.15, 0.2) is 5.71 Å². The SMILES string of the molecule is COC(=O)/C(C)=N/OCC(COCc1ccccc1)Cc1cc(C)cc(C)c1. The Labute approximate surface area is 167 Å².